The molecule has 102 valence electrons. The van der Waals surface area contributed by atoms with E-state index in [9.17, 15) is 4.79 Å². The molecule has 3 nitrogen and oxygen atoms in total. The molecule has 0 radical (unpaired) electrons. The second-order valence-corrected chi connectivity index (χ2v) is 7.69. The number of hydrogen-bond acceptors (Lipinski definition) is 4. The number of nitrogens with two attached hydrogens (primary N) is 1. The van der Waals surface area contributed by atoms with Crippen molar-refractivity contribution in [3.63, 3.8) is 0 Å². The Morgan fingerprint density at radius 1 is 1.50 bits per heavy atom. The van der Waals surface area contributed by atoms with Gasteiger partial charge in [-0.1, -0.05) is 6.42 Å². The second-order valence-electron chi connectivity index (χ2n) is 3.94. The van der Waals surface area contributed by atoms with Gasteiger partial charge in [0, 0.05) is 12.5 Å². The Hall–Kier alpha value is 0.0900. The second kappa shape index (κ2) is 8.30. The van der Waals surface area contributed by atoms with Gasteiger partial charge >= 0.3 is 5.97 Å². The fourth-order valence-corrected chi connectivity index (χ4v) is 4.63. The molecule has 0 aliphatic heterocycles. The topological polar surface area (TPSA) is 52.3 Å². The van der Waals surface area contributed by atoms with Crippen LogP contribution in [0.25, 0.3) is 0 Å². The van der Waals surface area contributed by atoms with Crippen molar-refractivity contribution in [3.05, 3.63) is 19.2 Å². The van der Waals surface area contributed by atoms with Gasteiger partial charge in [-0.15, -0.1) is 11.3 Å². The Morgan fingerprint density at radius 2 is 2.22 bits per heavy atom. The lowest BCUT2D eigenvalue weighted by Crippen LogP contribution is -2.10. The van der Waals surface area contributed by atoms with Crippen LogP contribution in [-0.2, 0) is 9.53 Å². The smallest absolute Gasteiger partial charge is 0.305 e. The number of thiophene rings is 1. The van der Waals surface area contributed by atoms with Gasteiger partial charge in [-0.2, -0.15) is 0 Å². The molecule has 0 aromatic carbocycles. The molecular weight excluding hydrogens is 382 g/mol. The van der Waals surface area contributed by atoms with Crippen LogP contribution in [-0.4, -0.2) is 12.6 Å². The van der Waals surface area contributed by atoms with E-state index >= 15 is 0 Å². The van der Waals surface area contributed by atoms with Gasteiger partial charge in [0.2, 0.25) is 0 Å². The Labute approximate surface area is 128 Å². The Balaban J connectivity index is 2.27. The molecule has 1 atom stereocenters. The number of carbonyl (C=O) groups is 1. The van der Waals surface area contributed by atoms with Crippen LogP contribution in [0.15, 0.2) is 13.6 Å². The molecule has 1 aromatic rings. The van der Waals surface area contributed by atoms with Crippen LogP contribution in [0.3, 0.4) is 0 Å². The number of halogens is 2. The maximum absolute atomic E-state index is 11.1. The fourth-order valence-electron chi connectivity index (χ4n) is 1.63. The highest BCUT2D eigenvalue weighted by atomic mass is 79.9. The highest BCUT2D eigenvalue weighted by molar-refractivity contribution is 9.12. The van der Waals surface area contributed by atoms with Crippen molar-refractivity contribution < 1.29 is 9.53 Å². The quantitative estimate of drug-likeness (QED) is 0.547. The van der Waals surface area contributed by atoms with E-state index in [1.807, 2.05) is 13.0 Å². The van der Waals surface area contributed by atoms with Crippen LogP contribution in [0, 0.1) is 0 Å². The van der Waals surface area contributed by atoms with Gasteiger partial charge in [-0.3, -0.25) is 4.79 Å². The SMILES string of the molecule is CCOC(=O)CCCCC(N)c1cc(Br)sc1Br. The predicted octanol–water partition coefficient (Wildman–Crippen LogP) is 4.40. The Morgan fingerprint density at radius 3 is 2.78 bits per heavy atom. The molecule has 0 spiro atoms. The maximum atomic E-state index is 11.1. The monoisotopic (exact) mass is 397 g/mol. The molecule has 1 rings (SSSR count). The van der Waals surface area contributed by atoms with E-state index in [1.165, 1.54) is 0 Å². The summed E-state index contributed by atoms with van der Waals surface area (Å²) in [7, 11) is 0. The van der Waals surface area contributed by atoms with Crippen LogP contribution < -0.4 is 5.73 Å². The number of ether oxygens (including phenoxy) is 1. The molecule has 0 amide bonds. The Kier molecular flexibility index (Phi) is 7.44. The van der Waals surface area contributed by atoms with Gasteiger partial charge < -0.3 is 10.5 Å². The molecule has 0 saturated heterocycles. The van der Waals surface area contributed by atoms with E-state index in [1.54, 1.807) is 11.3 Å². The van der Waals surface area contributed by atoms with Crippen molar-refractivity contribution in [1.29, 1.82) is 0 Å². The largest absolute Gasteiger partial charge is 0.466 e. The molecule has 6 heteroatoms. The zero-order valence-electron chi connectivity index (χ0n) is 10.2. The van der Waals surface area contributed by atoms with E-state index in [4.69, 9.17) is 10.5 Å². The van der Waals surface area contributed by atoms with Crippen molar-refractivity contribution in [1.82, 2.24) is 0 Å². The molecule has 2 N–H and O–H groups in total. The summed E-state index contributed by atoms with van der Waals surface area (Å²) in [6.45, 7) is 2.27. The minimum atomic E-state index is -0.120. The molecule has 1 aromatic heterocycles. The molecule has 0 aliphatic carbocycles. The van der Waals surface area contributed by atoms with Crippen LogP contribution in [0.5, 0.6) is 0 Å². The summed E-state index contributed by atoms with van der Waals surface area (Å²) in [5, 5.41) is 0. The molecule has 0 aliphatic rings. The minimum Gasteiger partial charge on any atom is -0.466 e. The lowest BCUT2D eigenvalue weighted by molar-refractivity contribution is -0.143. The molecule has 18 heavy (non-hydrogen) atoms. The van der Waals surface area contributed by atoms with E-state index in [2.05, 4.69) is 31.9 Å². The average Bonchev–Trinajstić information content (AvgIpc) is 2.64. The summed E-state index contributed by atoms with van der Waals surface area (Å²) in [6, 6.07) is 2.06. The van der Waals surface area contributed by atoms with Gasteiger partial charge in [0.05, 0.1) is 14.2 Å². The minimum absolute atomic E-state index is 0.0177. The summed E-state index contributed by atoms with van der Waals surface area (Å²) in [5.41, 5.74) is 7.25. The summed E-state index contributed by atoms with van der Waals surface area (Å²) < 4.78 is 7.03. The first-order valence-electron chi connectivity index (χ1n) is 5.90. The van der Waals surface area contributed by atoms with Crippen molar-refractivity contribution >= 4 is 49.2 Å². The first-order valence-corrected chi connectivity index (χ1v) is 8.30. The van der Waals surface area contributed by atoms with Gasteiger partial charge in [-0.05, 0) is 63.3 Å². The summed E-state index contributed by atoms with van der Waals surface area (Å²) in [6.07, 6.45) is 3.12. The summed E-state index contributed by atoms with van der Waals surface area (Å²) in [4.78, 5) is 11.1. The molecule has 0 saturated carbocycles. The standard InChI is InChI=1S/C12H17Br2NO2S/c1-2-17-11(16)6-4-3-5-9(15)8-7-10(13)18-12(8)14/h7,9H,2-6,15H2,1H3. The van der Waals surface area contributed by atoms with Crippen LogP contribution in [0.1, 0.15) is 44.2 Å². The van der Waals surface area contributed by atoms with Crippen LogP contribution >= 0.6 is 43.2 Å². The fraction of sp³-hybridized carbons (Fsp3) is 0.583. The predicted molar refractivity (Wildman–Crippen MR) is 81.7 cm³/mol. The van der Waals surface area contributed by atoms with Crippen molar-refractivity contribution in [2.24, 2.45) is 5.73 Å². The molecule has 1 heterocycles. The average molecular weight is 399 g/mol. The van der Waals surface area contributed by atoms with Crippen molar-refractivity contribution in [2.75, 3.05) is 6.61 Å². The van der Waals surface area contributed by atoms with Gasteiger partial charge in [0.15, 0.2) is 0 Å². The number of carbonyl (C=O) groups excluding carboxylic acids is 1. The highest BCUT2D eigenvalue weighted by Crippen LogP contribution is 2.36. The summed E-state index contributed by atoms with van der Waals surface area (Å²) >= 11 is 8.57. The number of esters is 1. The van der Waals surface area contributed by atoms with Gasteiger partial charge in [0.1, 0.15) is 0 Å². The van der Waals surface area contributed by atoms with E-state index in [0.717, 1.165) is 32.4 Å². The van der Waals surface area contributed by atoms with Crippen molar-refractivity contribution in [3.8, 4) is 0 Å². The summed E-state index contributed by atoms with van der Waals surface area (Å²) in [5.74, 6) is -0.120. The molecule has 0 fully saturated rings. The highest BCUT2D eigenvalue weighted by Gasteiger charge is 2.13. The third kappa shape index (κ3) is 5.38. The third-order valence-corrected chi connectivity index (χ3v) is 4.92. The van der Waals surface area contributed by atoms with Gasteiger partial charge in [-0.25, -0.2) is 0 Å². The molecular formula is C12H17Br2NO2S. The van der Waals surface area contributed by atoms with Crippen LogP contribution in [0.4, 0.5) is 0 Å². The van der Waals surface area contributed by atoms with E-state index < -0.39 is 0 Å². The zero-order chi connectivity index (χ0) is 13.5. The molecule has 1 unspecified atom stereocenters. The van der Waals surface area contributed by atoms with E-state index in [-0.39, 0.29) is 12.0 Å². The van der Waals surface area contributed by atoms with Gasteiger partial charge in [0.25, 0.3) is 0 Å². The van der Waals surface area contributed by atoms with Crippen LogP contribution in [0.2, 0.25) is 0 Å². The zero-order valence-corrected chi connectivity index (χ0v) is 14.2. The first-order chi connectivity index (χ1) is 8.54. The maximum Gasteiger partial charge on any atom is 0.305 e. The number of hydrogen-bond donors (Lipinski definition) is 1. The van der Waals surface area contributed by atoms with E-state index in [0.29, 0.717) is 13.0 Å². The normalized spacial score (nSPS) is 12.4. The number of unbranched alkanes of at least 4 members (excludes halogenated alkanes) is 1. The van der Waals surface area contributed by atoms with Crippen molar-refractivity contribution in [2.45, 2.75) is 38.6 Å². The Bertz CT molecular complexity index is 395. The lowest BCUT2D eigenvalue weighted by Gasteiger charge is -2.10. The first kappa shape index (κ1) is 16.1. The molecule has 0 bridgehead atoms. The number of rotatable bonds is 7. The lowest BCUT2D eigenvalue weighted by atomic mass is 10.0. The third-order valence-electron chi connectivity index (χ3n) is 2.53.